The Labute approximate surface area is 57.5 Å². The van der Waals surface area contributed by atoms with Gasteiger partial charge in [0.15, 0.2) is 0 Å². The van der Waals surface area contributed by atoms with Crippen molar-refractivity contribution in [1.29, 1.82) is 0 Å². The first-order valence-electron chi connectivity index (χ1n) is 2.25. The fraction of sp³-hybridized carbons (Fsp3) is 1.00. The second kappa shape index (κ2) is 6.83. The topological polar surface area (TPSA) is 9.23 Å². The third-order valence-corrected chi connectivity index (χ3v) is 0.827. The predicted molar refractivity (Wildman–Crippen MR) is 25.9 cm³/mol. The van der Waals surface area contributed by atoms with E-state index in [2.05, 4.69) is 9.85 Å². The van der Waals surface area contributed by atoms with Crippen LogP contribution >= 0.6 is 9.85 Å². The van der Waals surface area contributed by atoms with Gasteiger partial charge in [-0.05, 0) is 12.8 Å². The van der Waals surface area contributed by atoms with Crippen molar-refractivity contribution in [2.24, 2.45) is 0 Å². The van der Waals surface area contributed by atoms with Crippen LogP contribution in [0.15, 0.2) is 0 Å². The van der Waals surface area contributed by atoms with Crippen molar-refractivity contribution in [3.63, 3.8) is 0 Å². The molecule has 0 bridgehead atoms. The molecule has 42 valence electrons. The summed E-state index contributed by atoms with van der Waals surface area (Å²) in [6.45, 7) is 2.00. The minimum atomic E-state index is 1.00. The van der Waals surface area contributed by atoms with Gasteiger partial charge in [0, 0.05) is 13.2 Å². The second-order valence-electron chi connectivity index (χ2n) is 1.32. The van der Waals surface area contributed by atoms with Crippen molar-refractivity contribution in [2.75, 3.05) is 13.2 Å². The van der Waals surface area contributed by atoms with Crippen LogP contribution < -0.4 is 0 Å². The van der Waals surface area contributed by atoms with Crippen molar-refractivity contribution >= 4 is 9.85 Å². The van der Waals surface area contributed by atoms with Crippen LogP contribution in [0.5, 0.6) is 0 Å². The fourth-order valence-electron chi connectivity index (χ4n) is 0.510. The van der Waals surface area contributed by atoms with Gasteiger partial charge >= 0.3 is 26.3 Å². The number of rotatable bonds is 0. The molecule has 1 rings (SSSR count). The molecule has 1 nitrogen and oxygen atoms in total. The zero-order valence-electron chi connectivity index (χ0n) is 4.06. The Morgan fingerprint density at radius 2 is 1.57 bits per heavy atom. The summed E-state index contributed by atoms with van der Waals surface area (Å²) in [7, 11) is 4.58. The summed E-state index contributed by atoms with van der Waals surface area (Å²) in [6, 6.07) is 0. The molecular weight excluding hydrogens is 150 g/mol. The number of ether oxygens (including phenoxy) is 1. The number of hydrogen-bond acceptors (Lipinski definition) is 1. The Morgan fingerprint density at radius 1 is 1.14 bits per heavy atom. The molecule has 1 saturated heterocycles. The predicted octanol–water partition coefficient (Wildman–Crippen LogP) is 1.48. The van der Waals surface area contributed by atoms with Crippen LogP contribution in [-0.2, 0) is 21.2 Å². The van der Waals surface area contributed by atoms with E-state index >= 15 is 0 Å². The summed E-state index contributed by atoms with van der Waals surface area (Å²) < 4.78 is 4.94. The van der Waals surface area contributed by atoms with E-state index in [0.29, 0.717) is 0 Å². The summed E-state index contributed by atoms with van der Waals surface area (Å²) in [6.07, 6.45) is 2.56. The molecule has 0 aromatic carbocycles. The third-order valence-electron chi connectivity index (χ3n) is 0.827. The summed E-state index contributed by atoms with van der Waals surface area (Å²) in [5, 5.41) is 0. The Bertz CT molecular complexity index is 23.3. The average molecular weight is 159 g/mol. The SMILES string of the molecule is C1CCOC1.[Cl][V]. The Hall–Kier alpha value is 0.834. The van der Waals surface area contributed by atoms with Crippen LogP contribution in [0.1, 0.15) is 12.8 Å². The van der Waals surface area contributed by atoms with Crippen molar-refractivity contribution in [1.82, 2.24) is 0 Å². The van der Waals surface area contributed by atoms with E-state index in [0.717, 1.165) is 13.2 Å². The zero-order valence-corrected chi connectivity index (χ0v) is 6.21. The molecule has 0 N–H and O–H groups in total. The van der Waals surface area contributed by atoms with Gasteiger partial charge in [0.1, 0.15) is 0 Å². The van der Waals surface area contributed by atoms with Gasteiger partial charge in [-0.2, -0.15) is 0 Å². The number of halogens is 1. The Kier molecular flexibility index (Phi) is 7.65. The second-order valence-corrected chi connectivity index (χ2v) is 1.32. The van der Waals surface area contributed by atoms with Crippen LogP contribution in [0.3, 0.4) is 0 Å². The first kappa shape index (κ1) is 7.83. The minimum absolute atomic E-state index is 1.00. The van der Waals surface area contributed by atoms with Crippen LogP contribution in [0.25, 0.3) is 0 Å². The zero-order chi connectivity index (χ0) is 5.54. The van der Waals surface area contributed by atoms with Crippen molar-refractivity contribution in [3.8, 4) is 0 Å². The van der Waals surface area contributed by atoms with E-state index in [4.69, 9.17) is 4.74 Å². The van der Waals surface area contributed by atoms with Crippen molar-refractivity contribution in [2.45, 2.75) is 12.8 Å². The van der Waals surface area contributed by atoms with Gasteiger partial charge in [0.2, 0.25) is 0 Å². The van der Waals surface area contributed by atoms with Gasteiger partial charge in [0.25, 0.3) is 0 Å². The Balaban J connectivity index is 0.000000162. The molecule has 1 aliphatic rings. The molecule has 0 spiro atoms. The van der Waals surface area contributed by atoms with Crippen LogP contribution in [0, 0.1) is 0 Å². The first-order chi connectivity index (χ1) is 3.50. The van der Waals surface area contributed by atoms with Gasteiger partial charge < -0.3 is 4.74 Å². The first-order valence-corrected chi connectivity index (χ1v) is 4.17. The molecule has 0 saturated carbocycles. The van der Waals surface area contributed by atoms with Crippen LogP contribution in [0.4, 0.5) is 0 Å². The molecule has 7 heavy (non-hydrogen) atoms. The molecule has 1 heterocycles. The van der Waals surface area contributed by atoms with Crippen molar-refractivity contribution in [3.05, 3.63) is 0 Å². The van der Waals surface area contributed by atoms with Gasteiger partial charge in [-0.3, -0.25) is 0 Å². The van der Waals surface area contributed by atoms with Crippen LogP contribution in [0.2, 0.25) is 0 Å². The Morgan fingerprint density at radius 3 is 1.71 bits per heavy atom. The molecule has 1 aliphatic heterocycles. The molecule has 3 heteroatoms. The molecule has 0 unspecified atom stereocenters. The maximum absolute atomic E-state index is 4.94. The van der Waals surface area contributed by atoms with E-state index in [-0.39, 0.29) is 0 Å². The van der Waals surface area contributed by atoms with Gasteiger partial charge in [0.05, 0.1) is 0 Å². The molecule has 0 radical (unpaired) electrons. The summed E-state index contributed by atoms with van der Waals surface area (Å²) in [5.74, 6) is 0. The third kappa shape index (κ3) is 4.69. The van der Waals surface area contributed by atoms with E-state index in [1.54, 1.807) is 16.5 Å². The number of hydrogen-bond donors (Lipinski definition) is 0. The molecule has 1 fully saturated rings. The quantitative estimate of drug-likeness (QED) is 0.519. The fourth-order valence-corrected chi connectivity index (χ4v) is 0.510. The molecule has 0 aliphatic carbocycles. The standard InChI is InChI=1S/C4H8O.ClH.V/c1-2-4-5-3-1;;/h1-4H2;1H;/q;;+1/p-1. The summed E-state index contributed by atoms with van der Waals surface area (Å²) in [4.78, 5) is 0. The molecule has 0 amide bonds. The maximum atomic E-state index is 4.94. The van der Waals surface area contributed by atoms with Gasteiger partial charge in [-0.15, -0.1) is 0 Å². The average Bonchev–Trinajstić information content (AvgIpc) is 2.23. The normalized spacial score (nSPS) is 17.9. The molecule has 0 aromatic rings. The van der Waals surface area contributed by atoms with Gasteiger partial charge in [-0.25, -0.2) is 0 Å². The monoisotopic (exact) mass is 158 g/mol. The van der Waals surface area contributed by atoms with E-state index in [1.165, 1.54) is 12.8 Å². The van der Waals surface area contributed by atoms with Gasteiger partial charge in [-0.1, -0.05) is 0 Å². The van der Waals surface area contributed by atoms with E-state index < -0.39 is 0 Å². The molecule has 0 aromatic heterocycles. The molecule has 0 atom stereocenters. The summed E-state index contributed by atoms with van der Waals surface area (Å²) in [5.41, 5.74) is 0. The van der Waals surface area contributed by atoms with Crippen molar-refractivity contribution < 1.29 is 21.2 Å². The van der Waals surface area contributed by atoms with E-state index in [9.17, 15) is 0 Å². The van der Waals surface area contributed by atoms with Crippen LogP contribution in [-0.4, -0.2) is 13.2 Å². The summed E-state index contributed by atoms with van der Waals surface area (Å²) >= 11 is 1.78. The molecular formula is C4H8ClOV. The van der Waals surface area contributed by atoms with E-state index in [1.807, 2.05) is 0 Å².